The molecule has 5 heteroatoms. The minimum Gasteiger partial charge on any atom is -0.481 e. The van der Waals surface area contributed by atoms with Crippen LogP contribution >= 0.6 is 0 Å². The number of aliphatic carboxylic acids is 1. The number of piperidine rings is 1. The predicted molar refractivity (Wildman–Crippen MR) is 69.8 cm³/mol. The molecule has 0 radical (unpaired) electrons. The number of likely N-dealkylation sites (tertiary alicyclic amines) is 1. The van der Waals surface area contributed by atoms with Crippen molar-refractivity contribution in [3.63, 3.8) is 0 Å². The van der Waals surface area contributed by atoms with Crippen LogP contribution in [0.5, 0.6) is 0 Å². The van der Waals surface area contributed by atoms with Crippen molar-refractivity contribution in [1.29, 1.82) is 0 Å². The van der Waals surface area contributed by atoms with Crippen LogP contribution in [0.4, 0.5) is 0 Å². The van der Waals surface area contributed by atoms with E-state index in [1.165, 1.54) is 0 Å². The van der Waals surface area contributed by atoms with Crippen LogP contribution in [0.3, 0.4) is 0 Å². The highest BCUT2D eigenvalue weighted by Gasteiger charge is 2.32. The van der Waals surface area contributed by atoms with Crippen LogP contribution in [-0.2, 0) is 4.79 Å². The molecule has 2 rings (SSSR count). The lowest BCUT2D eigenvalue weighted by molar-refractivity contribution is -0.143. The average molecular weight is 262 g/mol. The second-order valence-electron chi connectivity index (χ2n) is 5.04. The highest BCUT2D eigenvalue weighted by atomic mass is 16.4. The number of rotatable bonds is 2. The van der Waals surface area contributed by atoms with Crippen LogP contribution in [0.2, 0.25) is 0 Å². The first-order chi connectivity index (χ1) is 9.00. The summed E-state index contributed by atoms with van der Waals surface area (Å²) >= 11 is 0. The van der Waals surface area contributed by atoms with E-state index in [-0.39, 0.29) is 17.9 Å². The molecule has 1 N–H and O–H groups in total. The van der Waals surface area contributed by atoms with Gasteiger partial charge in [-0.2, -0.15) is 0 Å². The van der Waals surface area contributed by atoms with Gasteiger partial charge in [0.2, 0.25) is 0 Å². The van der Waals surface area contributed by atoms with E-state index in [0.717, 1.165) is 0 Å². The minimum atomic E-state index is -0.767. The maximum Gasteiger partial charge on any atom is 0.306 e. The number of amides is 1. The number of carboxylic acids is 1. The quantitative estimate of drug-likeness (QED) is 0.881. The summed E-state index contributed by atoms with van der Waals surface area (Å²) < 4.78 is 0. The second-order valence-corrected chi connectivity index (χ2v) is 5.04. The summed E-state index contributed by atoms with van der Waals surface area (Å²) in [5.74, 6) is -1.16. The highest BCUT2D eigenvalue weighted by Crippen LogP contribution is 2.24. The van der Waals surface area contributed by atoms with Crippen molar-refractivity contribution in [3.05, 3.63) is 29.6 Å². The van der Waals surface area contributed by atoms with Gasteiger partial charge >= 0.3 is 5.97 Å². The molecule has 1 aromatic rings. The van der Waals surface area contributed by atoms with Crippen molar-refractivity contribution in [2.24, 2.45) is 5.92 Å². The van der Waals surface area contributed by atoms with Crippen molar-refractivity contribution in [2.75, 3.05) is 6.54 Å². The van der Waals surface area contributed by atoms with Crippen LogP contribution in [0.15, 0.2) is 18.3 Å². The topological polar surface area (TPSA) is 70.5 Å². The zero-order chi connectivity index (χ0) is 14.0. The monoisotopic (exact) mass is 262 g/mol. The molecule has 5 nitrogen and oxygen atoms in total. The largest absolute Gasteiger partial charge is 0.481 e. The number of carbonyl (C=O) groups excluding carboxylic acids is 1. The third-order valence-corrected chi connectivity index (χ3v) is 3.72. The number of nitrogens with zero attached hydrogens (tertiary/aromatic N) is 2. The molecule has 0 bridgehead atoms. The predicted octanol–water partition coefficient (Wildman–Crippen LogP) is 1.72. The summed E-state index contributed by atoms with van der Waals surface area (Å²) in [4.78, 5) is 29.3. The molecule has 2 atom stereocenters. The molecular formula is C14H18N2O3. The smallest absolute Gasteiger partial charge is 0.306 e. The van der Waals surface area contributed by atoms with E-state index in [9.17, 15) is 9.59 Å². The zero-order valence-electron chi connectivity index (χ0n) is 11.2. The molecule has 19 heavy (non-hydrogen) atoms. The summed E-state index contributed by atoms with van der Waals surface area (Å²) in [6.45, 7) is 4.20. The molecule has 2 unspecified atom stereocenters. The van der Waals surface area contributed by atoms with E-state index in [0.29, 0.717) is 30.6 Å². The minimum absolute atomic E-state index is 0.0537. The van der Waals surface area contributed by atoms with Crippen LogP contribution in [0.1, 0.15) is 35.8 Å². The Bertz CT molecular complexity index is 501. The summed E-state index contributed by atoms with van der Waals surface area (Å²) in [6, 6.07) is 3.46. The Hall–Kier alpha value is -1.91. The van der Waals surface area contributed by atoms with E-state index in [1.54, 1.807) is 23.2 Å². The van der Waals surface area contributed by atoms with Gasteiger partial charge in [-0.3, -0.25) is 14.6 Å². The first-order valence-corrected chi connectivity index (χ1v) is 6.46. The Morgan fingerprint density at radius 3 is 2.79 bits per heavy atom. The lowest BCUT2D eigenvalue weighted by Gasteiger charge is -2.36. The van der Waals surface area contributed by atoms with Crippen LogP contribution in [0, 0.1) is 12.8 Å². The van der Waals surface area contributed by atoms with E-state index >= 15 is 0 Å². The molecule has 0 aliphatic carbocycles. The fourth-order valence-electron chi connectivity index (χ4n) is 2.56. The molecular weight excluding hydrogens is 244 g/mol. The first kappa shape index (κ1) is 13.5. The molecule has 0 aromatic carbocycles. The molecule has 0 spiro atoms. The van der Waals surface area contributed by atoms with E-state index in [1.807, 2.05) is 13.8 Å². The molecule has 1 fully saturated rings. The van der Waals surface area contributed by atoms with E-state index < -0.39 is 5.97 Å². The van der Waals surface area contributed by atoms with Gasteiger partial charge in [0.25, 0.3) is 5.91 Å². The maximum absolute atomic E-state index is 12.4. The van der Waals surface area contributed by atoms with Crippen molar-refractivity contribution in [3.8, 4) is 0 Å². The van der Waals surface area contributed by atoms with E-state index in [4.69, 9.17) is 5.11 Å². The molecule has 2 heterocycles. The third-order valence-electron chi connectivity index (χ3n) is 3.72. The Kier molecular flexibility index (Phi) is 3.83. The SMILES string of the molecule is Cc1ncccc1C(=O)N1CCC(C(=O)O)CC1C. The first-order valence-electron chi connectivity index (χ1n) is 6.46. The Balaban J connectivity index is 2.13. The van der Waals surface area contributed by atoms with Crippen molar-refractivity contribution in [2.45, 2.75) is 32.7 Å². The van der Waals surface area contributed by atoms with Gasteiger partial charge in [-0.15, -0.1) is 0 Å². The number of hydrogen-bond donors (Lipinski definition) is 1. The van der Waals surface area contributed by atoms with Gasteiger partial charge in [-0.25, -0.2) is 0 Å². The molecule has 1 aliphatic rings. The number of aromatic nitrogens is 1. The summed E-state index contributed by atoms with van der Waals surface area (Å²) in [7, 11) is 0. The van der Waals surface area contributed by atoms with Gasteiger partial charge in [0, 0.05) is 24.5 Å². The Morgan fingerprint density at radius 2 is 2.21 bits per heavy atom. The fraction of sp³-hybridized carbons (Fsp3) is 0.500. The maximum atomic E-state index is 12.4. The molecule has 1 saturated heterocycles. The van der Waals surface area contributed by atoms with Crippen molar-refractivity contribution in [1.82, 2.24) is 9.88 Å². The highest BCUT2D eigenvalue weighted by molar-refractivity contribution is 5.95. The number of hydrogen-bond acceptors (Lipinski definition) is 3. The zero-order valence-corrected chi connectivity index (χ0v) is 11.2. The fourth-order valence-corrected chi connectivity index (χ4v) is 2.56. The van der Waals surface area contributed by atoms with Crippen LogP contribution in [0.25, 0.3) is 0 Å². The van der Waals surface area contributed by atoms with Gasteiger partial charge in [-0.05, 0) is 38.8 Å². The molecule has 1 aliphatic heterocycles. The van der Waals surface area contributed by atoms with Gasteiger partial charge < -0.3 is 10.0 Å². The van der Waals surface area contributed by atoms with Gasteiger partial charge in [0.1, 0.15) is 0 Å². The standard InChI is InChI=1S/C14H18N2O3/c1-9-8-11(14(18)19)5-7-16(9)13(17)12-4-3-6-15-10(12)2/h3-4,6,9,11H,5,7-8H2,1-2H3,(H,18,19). The average Bonchev–Trinajstić information content (AvgIpc) is 2.38. The lowest BCUT2D eigenvalue weighted by atomic mass is 9.91. The number of carboxylic acid groups (broad SMARTS) is 1. The summed E-state index contributed by atoms with van der Waals surface area (Å²) in [6.07, 6.45) is 2.69. The van der Waals surface area contributed by atoms with Gasteiger partial charge in [0.05, 0.1) is 11.5 Å². The van der Waals surface area contributed by atoms with Crippen LogP contribution in [-0.4, -0.2) is 39.5 Å². The molecule has 1 amide bonds. The summed E-state index contributed by atoms with van der Waals surface area (Å²) in [5.41, 5.74) is 1.31. The normalized spacial score (nSPS) is 23.2. The second kappa shape index (κ2) is 5.38. The van der Waals surface area contributed by atoms with E-state index in [2.05, 4.69) is 4.98 Å². The lowest BCUT2D eigenvalue weighted by Crippen LogP contribution is -2.46. The number of aryl methyl sites for hydroxylation is 1. The molecule has 0 saturated carbocycles. The Labute approximate surface area is 112 Å². The molecule has 1 aromatic heterocycles. The van der Waals surface area contributed by atoms with Crippen LogP contribution < -0.4 is 0 Å². The summed E-state index contributed by atoms with van der Waals surface area (Å²) in [5, 5.41) is 9.03. The molecule has 102 valence electrons. The number of carbonyl (C=O) groups is 2. The van der Waals surface area contributed by atoms with Crippen molar-refractivity contribution < 1.29 is 14.7 Å². The third kappa shape index (κ3) is 2.75. The number of pyridine rings is 1. The van der Waals surface area contributed by atoms with Gasteiger partial charge in [-0.1, -0.05) is 0 Å². The van der Waals surface area contributed by atoms with Crippen molar-refractivity contribution >= 4 is 11.9 Å². The Morgan fingerprint density at radius 1 is 1.47 bits per heavy atom. The van der Waals surface area contributed by atoms with Gasteiger partial charge in [0.15, 0.2) is 0 Å².